The van der Waals surface area contributed by atoms with E-state index in [1.54, 1.807) is 13.8 Å². The second-order valence-electron chi connectivity index (χ2n) is 7.20. The molecule has 1 aliphatic heterocycles. The largest absolute Gasteiger partial charge is 0.480 e. The summed E-state index contributed by atoms with van der Waals surface area (Å²) >= 11 is 23.8. The first-order chi connectivity index (χ1) is 14.3. The van der Waals surface area contributed by atoms with E-state index in [-0.39, 0.29) is 0 Å². The molecule has 1 amide bonds. The lowest BCUT2D eigenvalue weighted by Gasteiger charge is -2.47. The Labute approximate surface area is 210 Å². The Hall–Kier alpha value is -0.450. The summed E-state index contributed by atoms with van der Waals surface area (Å²) in [6.07, 6.45) is 0. The number of aliphatic carboxylic acids is 1. The van der Waals surface area contributed by atoms with Crippen molar-refractivity contribution in [1.29, 1.82) is 0 Å². The first kappa shape index (κ1) is 26.8. The minimum Gasteiger partial charge on any atom is -0.480 e. The molecular weight excluding hydrogens is 525 g/mol. The topological polar surface area (TPSA) is 83.9 Å². The summed E-state index contributed by atoms with van der Waals surface area (Å²) in [7, 11) is 0. The van der Waals surface area contributed by atoms with Gasteiger partial charge in [0.1, 0.15) is 11.9 Å². The summed E-state index contributed by atoms with van der Waals surface area (Å²) in [4.78, 5) is 38.7. The molecule has 1 aromatic carbocycles. The Bertz CT molecular complexity index is 807. The Balaban J connectivity index is 2.41. The molecule has 0 radical (unpaired) electrons. The molecular formula is C19H22Cl3NO5S3. The van der Waals surface area contributed by atoms with Gasteiger partial charge in [-0.25, -0.2) is 4.79 Å². The predicted octanol–water partition coefficient (Wildman–Crippen LogP) is 4.26. The summed E-state index contributed by atoms with van der Waals surface area (Å²) in [5.74, 6) is -1.92. The molecule has 1 heterocycles. The Morgan fingerprint density at radius 2 is 1.97 bits per heavy atom. The Morgan fingerprint density at radius 3 is 2.52 bits per heavy atom. The average molecular weight is 547 g/mol. The van der Waals surface area contributed by atoms with E-state index in [0.717, 1.165) is 17.3 Å². The van der Waals surface area contributed by atoms with Crippen molar-refractivity contribution in [3.8, 4) is 0 Å². The zero-order chi connectivity index (χ0) is 23.4. The smallest absolute Gasteiger partial charge is 0.330 e. The highest BCUT2D eigenvalue weighted by Gasteiger charge is 2.51. The van der Waals surface area contributed by atoms with Gasteiger partial charge in [0.05, 0.1) is 10.1 Å². The number of alkyl halides is 3. The van der Waals surface area contributed by atoms with E-state index in [2.05, 4.69) is 12.6 Å². The zero-order valence-corrected chi connectivity index (χ0v) is 21.5. The van der Waals surface area contributed by atoms with Crippen LogP contribution in [0.4, 0.5) is 0 Å². The highest BCUT2D eigenvalue weighted by molar-refractivity contribution is 8.01. The highest BCUT2D eigenvalue weighted by Crippen LogP contribution is 2.40. The third-order valence-corrected chi connectivity index (χ3v) is 8.10. The first-order valence-electron chi connectivity index (χ1n) is 9.10. The van der Waals surface area contributed by atoms with Crippen LogP contribution in [-0.4, -0.2) is 65.4 Å². The lowest BCUT2D eigenvalue weighted by atomic mass is 10.1. The molecule has 1 aromatic rings. The molecule has 6 nitrogen and oxygen atoms in total. The lowest BCUT2D eigenvalue weighted by molar-refractivity contribution is -0.160. The van der Waals surface area contributed by atoms with E-state index in [1.165, 1.54) is 16.7 Å². The molecule has 31 heavy (non-hydrogen) atoms. The monoisotopic (exact) mass is 545 g/mol. The number of hydrogen-bond donors (Lipinski definition) is 2. The van der Waals surface area contributed by atoms with Crippen molar-refractivity contribution in [3.63, 3.8) is 0 Å². The van der Waals surface area contributed by atoms with E-state index < -0.39 is 49.7 Å². The molecule has 1 aliphatic rings. The van der Waals surface area contributed by atoms with Gasteiger partial charge < -0.3 is 14.7 Å². The summed E-state index contributed by atoms with van der Waals surface area (Å²) in [5, 5.41) is 7.98. The van der Waals surface area contributed by atoms with Gasteiger partial charge in [0.15, 0.2) is 6.04 Å². The fraction of sp³-hybridized carbons (Fsp3) is 0.526. The number of ether oxygens (including phenoxy) is 1. The van der Waals surface area contributed by atoms with Gasteiger partial charge in [-0.15, -0.1) is 23.5 Å². The average Bonchev–Trinajstić information content (AvgIpc) is 2.68. The van der Waals surface area contributed by atoms with Crippen LogP contribution in [0.15, 0.2) is 30.3 Å². The number of carboxylic acids is 1. The van der Waals surface area contributed by atoms with Crippen LogP contribution in [0.25, 0.3) is 0 Å². The summed E-state index contributed by atoms with van der Waals surface area (Å²) in [6, 6.07) is 7.76. The number of carbonyl (C=O) groups is 3. The molecule has 1 saturated heterocycles. The fourth-order valence-corrected chi connectivity index (χ4v) is 5.67. The maximum atomic E-state index is 13.1. The van der Waals surface area contributed by atoms with Crippen LogP contribution in [0, 0.1) is 0 Å². The molecule has 0 bridgehead atoms. The summed E-state index contributed by atoms with van der Waals surface area (Å²) in [6.45, 7) is 2.90. The first-order valence-corrected chi connectivity index (χ1v) is 12.8. The third-order valence-electron chi connectivity index (χ3n) is 4.40. The van der Waals surface area contributed by atoms with Crippen LogP contribution >= 0.6 is 71.0 Å². The number of carboxylic acid groups (broad SMARTS) is 1. The molecule has 2 rings (SSSR count). The van der Waals surface area contributed by atoms with Gasteiger partial charge in [-0.3, -0.25) is 9.59 Å². The van der Waals surface area contributed by atoms with Crippen LogP contribution in [0.2, 0.25) is 0 Å². The second kappa shape index (κ2) is 11.1. The SMILES string of the molecule is CC1(C)SCC(S)C(=O)N1C(C(=O)OCC(Cl)(Cl)Cl)[C@H](SCc1ccccc1)C(=O)O. The molecule has 0 aliphatic carbocycles. The molecule has 1 fully saturated rings. The van der Waals surface area contributed by atoms with Gasteiger partial charge in [0.2, 0.25) is 9.70 Å². The maximum absolute atomic E-state index is 13.1. The lowest BCUT2D eigenvalue weighted by Crippen LogP contribution is -2.64. The van der Waals surface area contributed by atoms with E-state index >= 15 is 0 Å². The summed E-state index contributed by atoms with van der Waals surface area (Å²) < 4.78 is 3.27. The van der Waals surface area contributed by atoms with Crippen molar-refractivity contribution >= 4 is 88.8 Å². The Kier molecular flexibility index (Phi) is 9.61. The number of thioether (sulfide) groups is 2. The van der Waals surface area contributed by atoms with Crippen molar-refractivity contribution < 1.29 is 24.2 Å². The van der Waals surface area contributed by atoms with Gasteiger partial charge in [0, 0.05) is 11.5 Å². The van der Waals surface area contributed by atoms with Crippen molar-refractivity contribution in [3.05, 3.63) is 35.9 Å². The third kappa shape index (κ3) is 7.54. The van der Waals surface area contributed by atoms with Crippen molar-refractivity contribution in [1.82, 2.24) is 4.90 Å². The van der Waals surface area contributed by atoms with Gasteiger partial charge >= 0.3 is 11.9 Å². The minimum atomic E-state index is -1.88. The molecule has 0 aromatic heterocycles. The Morgan fingerprint density at radius 1 is 1.35 bits per heavy atom. The zero-order valence-electron chi connectivity index (χ0n) is 16.7. The normalized spacial score (nSPS) is 20.8. The quantitative estimate of drug-likeness (QED) is 0.286. The number of thiol groups is 1. The van der Waals surface area contributed by atoms with Gasteiger partial charge in [-0.1, -0.05) is 65.1 Å². The van der Waals surface area contributed by atoms with E-state index in [1.807, 2.05) is 30.3 Å². The molecule has 12 heteroatoms. The number of amides is 1. The number of halogens is 3. The van der Waals surface area contributed by atoms with Crippen LogP contribution in [0.1, 0.15) is 19.4 Å². The molecule has 0 saturated carbocycles. The van der Waals surface area contributed by atoms with Gasteiger partial charge in [-0.2, -0.15) is 12.6 Å². The number of hydrogen-bond acceptors (Lipinski definition) is 7. The minimum absolute atomic E-state index is 0.311. The van der Waals surface area contributed by atoms with Crippen LogP contribution < -0.4 is 0 Å². The maximum Gasteiger partial charge on any atom is 0.330 e. The van der Waals surface area contributed by atoms with Gasteiger partial charge in [0.25, 0.3) is 0 Å². The molecule has 2 unspecified atom stereocenters. The van der Waals surface area contributed by atoms with Crippen LogP contribution in [-0.2, 0) is 24.9 Å². The molecule has 172 valence electrons. The highest BCUT2D eigenvalue weighted by atomic mass is 35.6. The van der Waals surface area contributed by atoms with Crippen molar-refractivity contribution in [2.45, 2.75) is 44.8 Å². The second-order valence-corrected chi connectivity index (χ2v) is 13.1. The predicted molar refractivity (Wildman–Crippen MR) is 130 cm³/mol. The van der Waals surface area contributed by atoms with Crippen molar-refractivity contribution in [2.75, 3.05) is 12.4 Å². The van der Waals surface area contributed by atoms with Crippen LogP contribution in [0.3, 0.4) is 0 Å². The van der Waals surface area contributed by atoms with Crippen molar-refractivity contribution in [2.24, 2.45) is 0 Å². The van der Waals surface area contributed by atoms with E-state index in [9.17, 15) is 19.5 Å². The number of benzene rings is 1. The standard InChI is InChI=1S/C19H22Cl3NO5S3/c1-18(2)23(15(24)12(29)9-31-18)13(17(27)28-10-19(20,21)22)14(16(25)26)30-8-11-6-4-3-5-7-11/h3-7,12-14,29H,8-10H2,1-2H3,(H,25,26)/t12?,13?,14-/m0/s1. The van der Waals surface area contributed by atoms with Crippen LogP contribution in [0.5, 0.6) is 0 Å². The molecule has 3 atom stereocenters. The molecule has 0 spiro atoms. The van der Waals surface area contributed by atoms with E-state index in [4.69, 9.17) is 39.5 Å². The number of esters is 1. The number of nitrogens with zero attached hydrogens (tertiary/aromatic N) is 1. The summed E-state index contributed by atoms with van der Waals surface area (Å²) in [5.41, 5.74) is 0.873. The number of rotatable bonds is 8. The fourth-order valence-electron chi connectivity index (χ4n) is 2.98. The molecule has 1 N–H and O–H groups in total. The van der Waals surface area contributed by atoms with Gasteiger partial charge in [-0.05, 0) is 19.4 Å². The van der Waals surface area contributed by atoms with E-state index in [0.29, 0.717) is 11.5 Å². The number of carbonyl (C=O) groups excluding carboxylic acids is 2.